The van der Waals surface area contributed by atoms with Gasteiger partial charge < -0.3 is 10.4 Å². The van der Waals surface area contributed by atoms with E-state index in [1.807, 2.05) is 5.38 Å². The number of carbonyl (C=O) groups excluding carboxylic acids is 1. The van der Waals surface area contributed by atoms with Crippen molar-refractivity contribution in [2.45, 2.75) is 12.8 Å². The molecular weight excluding hydrogens is 288 g/mol. The number of aliphatic carboxylic acids is 1. The number of rotatable bonds is 6. The van der Waals surface area contributed by atoms with Gasteiger partial charge in [0.15, 0.2) is 0 Å². The second kappa shape index (κ2) is 7.35. The van der Waals surface area contributed by atoms with Gasteiger partial charge in [0, 0.05) is 23.6 Å². The molecule has 0 radical (unpaired) electrons. The van der Waals surface area contributed by atoms with Crippen LogP contribution in [-0.2, 0) is 16.0 Å². The summed E-state index contributed by atoms with van der Waals surface area (Å²) in [6.45, 7) is 0. The molecule has 1 aromatic carbocycles. The number of carboxylic acid groups (broad SMARTS) is 1. The number of anilines is 1. The highest BCUT2D eigenvalue weighted by Crippen LogP contribution is 2.12. The molecule has 2 rings (SSSR count). The Labute approximate surface area is 126 Å². The predicted molar refractivity (Wildman–Crippen MR) is 82.2 cm³/mol. The molecule has 1 amide bonds. The van der Waals surface area contributed by atoms with E-state index >= 15 is 0 Å². The van der Waals surface area contributed by atoms with E-state index in [1.165, 1.54) is 17.4 Å². The van der Waals surface area contributed by atoms with Crippen molar-refractivity contribution in [2.75, 3.05) is 5.32 Å². The van der Waals surface area contributed by atoms with E-state index in [4.69, 9.17) is 5.11 Å². The lowest BCUT2D eigenvalue weighted by atomic mass is 10.2. The molecule has 0 saturated heterocycles. The fourth-order valence-corrected chi connectivity index (χ4v) is 2.26. The van der Waals surface area contributed by atoms with E-state index in [9.17, 15) is 9.59 Å². The molecule has 0 fully saturated rings. The van der Waals surface area contributed by atoms with Crippen LogP contribution in [-0.4, -0.2) is 22.0 Å². The van der Waals surface area contributed by atoms with Gasteiger partial charge in [-0.2, -0.15) is 0 Å². The Bertz CT molecular complexity index is 633. The highest BCUT2D eigenvalue weighted by Gasteiger charge is 2.04. The zero-order valence-corrected chi connectivity index (χ0v) is 12.0. The summed E-state index contributed by atoms with van der Waals surface area (Å²) in [4.78, 5) is 26.3. The number of amides is 1. The topological polar surface area (TPSA) is 79.3 Å². The van der Waals surface area contributed by atoms with Crippen LogP contribution in [0.4, 0.5) is 5.69 Å². The molecule has 1 aromatic heterocycles. The Hall–Kier alpha value is -2.47. The zero-order valence-electron chi connectivity index (χ0n) is 11.2. The molecule has 0 saturated carbocycles. The van der Waals surface area contributed by atoms with E-state index in [0.29, 0.717) is 18.5 Å². The second-order valence-electron chi connectivity index (χ2n) is 4.32. The minimum Gasteiger partial charge on any atom is -0.478 e. The average Bonchev–Trinajstić information content (AvgIpc) is 2.98. The molecule has 21 heavy (non-hydrogen) atoms. The molecule has 2 aromatic rings. The Kier molecular flexibility index (Phi) is 5.22. The Morgan fingerprint density at radius 2 is 2.05 bits per heavy atom. The van der Waals surface area contributed by atoms with Gasteiger partial charge in [0.05, 0.1) is 11.2 Å². The lowest BCUT2D eigenvalue weighted by Gasteiger charge is -2.04. The summed E-state index contributed by atoms with van der Waals surface area (Å²) in [5.41, 5.74) is 4.12. The first kappa shape index (κ1) is 14.9. The van der Waals surface area contributed by atoms with Gasteiger partial charge >= 0.3 is 5.97 Å². The maximum Gasteiger partial charge on any atom is 0.328 e. The first-order valence-corrected chi connectivity index (χ1v) is 7.26. The van der Waals surface area contributed by atoms with E-state index in [2.05, 4.69) is 10.3 Å². The van der Waals surface area contributed by atoms with Gasteiger partial charge in [-0.1, -0.05) is 12.1 Å². The number of nitrogens with zero attached hydrogens (tertiary/aromatic N) is 1. The van der Waals surface area contributed by atoms with Crippen LogP contribution >= 0.6 is 11.3 Å². The number of carbonyl (C=O) groups is 2. The lowest BCUT2D eigenvalue weighted by molar-refractivity contribution is -0.131. The van der Waals surface area contributed by atoms with Gasteiger partial charge in [-0.15, -0.1) is 11.3 Å². The first-order chi connectivity index (χ1) is 10.1. The van der Waals surface area contributed by atoms with Crippen molar-refractivity contribution in [1.29, 1.82) is 0 Å². The molecule has 0 aliphatic carbocycles. The molecule has 0 aliphatic rings. The van der Waals surface area contributed by atoms with Gasteiger partial charge in [-0.3, -0.25) is 4.79 Å². The molecule has 1 heterocycles. The van der Waals surface area contributed by atoms with Gasteiger partial charge in [-0.05, 0) is 30.2 Å². The Morgan fingerprint density at radius 3 is 2.67 bits per heavy atom. The fraction of sp³-hybridized carbons (Fsp3) is 0.133. The molecule has 0 bridgehead atoms. The summed E-state index contributed by atoms with van der Waals surface area (Å²) >= 11 is 1.51. The molecule has 5 nitrogen and oxygen atoms in total. The van der Waals surface area contributed by atoms with Crippen molar-refractivity contribution in [2.24, 2.45) is 0 Å². The van der Waals surface area contributed by atoms with Crippen molar-refractivity contribution in [1.82, 2.24) is 4.98 Å². The SMILES string of the molecule is O=C(O)/C=C/c1ccc(NC(=O)CCc2cscn2)cc1. The second-order valence-corrected chi connectivity index (χ2v) is 5.04. The van der Waals surface area contributed by atoms with Crippen LogP contribution < -0.4 is 5.32 Å². The minimum atomic E-state index is -0.991. The number of aryl methyl sites for hydroxylation is 1. The number of hydrogen-bond donors (Lipinski definition) is 2. The van der Waals surface area contributed by atoms with Gasteiger partial charge in [0.25, 0.3) is 0 Å². The van der Waals surface area contributed by atoms with Crippen LogP contribution in [0, 0.1) is 0 Å². The van der Waals surface area contributed by atoms with Gasteiger partial charge in [0.1, 0.15) is 0 Å². The van der Waals surface area contributed by atoms with Crippen LogP contribution in [0.2, 0.25) is 0 Å². The fourth-order valence-electron chi connectivity index (χ4n) is 1.67. The van der Waals surface area contributed by atoms with E-state index in [0.717, 1.165) is 17.3 Å². The van der Waals surface area contributed by atoms with Crippen molar-refractivity contribution in [3.63, 3.8) is 0 Å². The smallest absolute Gasteiger partial charge is 0.328 e. The monoisotopic (exact) mass is 302 g/mol. The molecule has 6 heteroatoms. The van der Waals surface area contributed by atoms with E-state index in [1.54, 1.807) is 29.8 Å². The van der Waals surface area contributed by atoms with Crippen molar-refractivity contribution in [3.05, 3.63) is 52.5 Å². The molecule has 0 atom stereocenters. The highest BCUT2D eigenvalue weighted by molar-refractivity contribution is 7.07. The van der Waals surface area contributed by atoms with Crippen LogP contribution in [0.15, 0.2) is 41.2 Å². The van der Waals surface area contributed by atoms with Crippen LogP contribution in [0.1, 0.15) is 17.7 Å². The standard InChI is InChI=1S/C15H14N2O3S/c18-14(7-6-13-9-21-10-16-13)17-12-4-1-11(2-5-12)3-8-15(19)20/h1-5,8-10H,6-7H2,(H,17,18)(H,19,20)/b8-3+. The average molecular weight is 302 g/mol. The minimum absolute atomic E-state index is 0.0724. The maximum absolute atomic E-state index is 11.8. The number of thiazole rings is 1. The molecule has 2 N–H and O–H groups in total. The number of aromatic nitrogens is 1. The quantitative estimate of drug-likeness (QED) is 0.804. The molecule has 108 valence electrons. The predicted octanol–water partition coefficient (Wildman–Crippen LogP) is 2.81. The third-order valence-electron chi connectivity index (χ3n) is 2.70. The van der Waals surface area contributed by atoms with Crippen molar-refractivity contribution < 1.29 is 14.7 Å². The number of carboxylic acids is 1. The van der Waals surface area contributed by atoms with Crippen molar-refractivity contribution in [3.8, 4) is 0 Å². The summed E-state index contributed by atoms with van der Waals surface area (Å²) in [6.07, 6.45) is 3.57. The molecule has 0 spiro atoms. The van der Waals surface area contributed by atoms with E-state index < -0.39 is 5.97 Å². The lowest BCUT2D eigenvalue weighted by Crippen LogP contribution is -2.12. The summed E-state index contributed by atoms with van der Waals surface area (Å²) in [7, 11) is 0. The maximum atomic E-state index is 11.8. The number of benzene rings is 1. The summed E-state index contributed by atoms with van der Waals surface area (Å²) < 4.78 is 0. The van der Waals surface area contributed by atoms with Crippen molar-refractivity contribution >= 4 is 35.0 Å². The summed E-state index contributed by atoms with van der Waals surface area (Å²) in [6, 6.07) is 6.97. The third kappa shape index (κ3) is 5.19. The first-order valence-electron chi connectivity index (χ1n) is 6.31. The summed E-state index contributed by atoms with van der Waals surface area (Å²) in [5, 5.41) is 13.3. The molecule has 0 unspecified atom stereocenters. The largest absolute Gasteiger partial charge is 0.478 e. The Balaban J connectivity index is 1.85. The number of nitrogens with one attached hydrogen (secondary N) is 1. The zero-order chi connectivity index (χ0) is 15.1. The summed E-state index contributed by atoms with van der Waals surface area (Å²) in [5.74, 6) is -1.06. The van der Waals surface area contributed by atoms with Crippen LogP contribution in [0.5, 0.6) is 0 Å². The van der Waals surface area contributed by atoms with Crippen LogP contribution in [0.25, 0.3) is 6.08 Å². The van der Waals surface area contributed by atoms with E-state index in [-0.39, 0.29) is 5.91 Å². The van der Waals surface area contributed by atoms with Crippen LogP contribution in [0.3, 0.4) is 0 Å². The normalized spacial score (nSPS) is 10.7. The molecular formula is C15H14N2O3S. The van der Waals surface area contributed by atoms with Gasteiger partial charge in [0.2, 0.25) is 5.91 Å². The number of hydrogen-bond acceptors (Lipinski definition) is 4. The molecule has 0 aliphatic heterocycles. The third-order valence-corrected chi connectivity index (χ3v) is 3.34. The Morgan fingerprint density at radius 1 is 1.29 bits per heavy atom. The van der Waals surface area contributed by atoms with Gasteiger partial charge in [-0.25, -0.2) is 9.78 Å². The highest BCUT2D eigenvalue weighted by atomic mass is 32.1.